The Labute approximate surface area is 98.9 Å². The van der Waals surface area contributed by atoms with Crippen LogP contribution in [0.5, 0.6) is 0 Å². The quantitative estimate of drug-likeness (QED) is 0.875. The van der Waals surface area contributed by atoms with Gasteiger partial charge in [-0.3, -0.25) is 4.79 Å². The minimum Gasteiger partial charge on any atom is -0.328 e. The molecule has 88 valence electrons. The van der Waals surface area contributed by atoms with Crippen molar-refractivity contribution in [2.24, 2.45) is 0 Å². The molecule has 2 aromatic rings. The molecule has 1 heterocycles. The van der Waals surface area contributed by atoms with Crippen molar-refractivity contribution in [2.75, 3.05) is 6.26 Å². The minimum atomic E-state index is -3.17. The summed E-state index contributed by atoms with van der Waals surface area (Å²) in [5.41, 5.74) is 1.53. The lowest BCUT2D eigenvalue weighted by Gasteiger charge is -2.02. The Morgan fingerprint density at radius 1 is 0.941 bits per heavy atom. The highest BCUT2D eigenvalue weighted by Crippen LogP contribution is 2.19. The van der Waals surface area contributed by atoms with Crippen molar-refractivity contribution in [1.82, 2.24) is 4.98 Å². The first-order valence-electron chi connectivity index (χ1n) is 4.96. The zero-order valence-electron chi connectivity index (χ0n) is 9.17. The summed E-state index contributed by atoms with van der Waals surface area (Å²) in [6.45, 7) is 0. The molecular formula is C12H11NO3S. The molecule has 0 aliphatic heterocycles. The summed E-state index contributed by atoms with van der Waals surface area (Å²) in [5.74, 6) is 0. The average Bonchev–Trinajstić information content (AvgIpc) is 2.29. The summed E-state index contributed by atoms with van der Waals surface area (Å²) in [7, 11) is -3.17. The summed E-state index contributed by atoms with van der Waals surface area (Å²) < 4.78 is 22.6. The Bertz CT molecular complexity index is 664. The first kappa shape index (κ1) is 11.6. The van der Waals surface area contributed by atoms with Gasteiger partial charge in [0.25, 0.3) is 0 Å². The molecule has 0 spiro atoms. The fourth-order valence-electron chi connectivity index (χ4n) is 1.48. The smallest absolute Gasteiger partial charge is 0.247 e. The number of hydrogen-bond donors (Lipinski definition) is 1. The summed E-state index contributed by atoms with van der Waals surface area (Å²) in [6, 6.07) is 9.65. The maximum Gasteiger partial charge on any atom is 0.247 e. The van der Waals surface area contributed by atoms with Gasteiger partial charge >= 0.3 is 0 Å². The highest BCUT2D eigenvalue weighted by molar-refractivity contribution is 7.90. The molecule has 0 fully saturated rings. The number of nitrogens with one attached hydrogen (secondary N) is 1. The van der Waals surface area contributed by atoms with Gasteiger partial charge in [0, 0.05) is 18.5 Å². The lowest BCUT2D eigenvalue weighted by atomic mass is 10.1. The molecule has 0 aliphatic rings. The van der Waals surface area contributed by atoms with Crippen LogP contribution in [0, 0.1) is 0 Å². The molecule has 2 rings (SSSR count). The van der Waals surface area contributed by atoms with E-state index in [1.54, 1.807) is 36.5 Å². The summed E-state index contributed by atoms with van der Waals surface area (Å²) in [6.07, 6.45) is 2.76. The van der Waals surface area contributed by atoms with Crippen molar-refractivity contribution in [1.29, 1.82) is 0 Å². The third-order valence-electron chi connectivity index (χ3n) is 2.40. The maximum absolute atomic E-state index is 11.3. The Balaban J connectivity index is 2.42. The Hall–Kier alpha value is -1.88. The second-order valence-electron chi connectivity index (χ2n) is 3.74. The van der Waals surface area contributed by atoms with Crippen LogP contribution in [-0.2, 0) is 9.84 Å². The van der Waals surface area contributed by atoms with Crippen LogP contribution in [0.2, 0.25) is 0 Å². The van der Waals surface area contributed by atoms with Gasteiger partial charge < -0.3 is 4.98 Å². The van der Waals surface area contributed by atoms with E-state index in [9.17, 15) is 13.2 Å². The topological polar surface area (TPSA) is 67.0 Å². The standard InChI is InChI=1S/C12H11NO3S/c1-17(15,16)11-5-2-9(3-6-11)10-4-7-12(14)13-8-10/h2-8H,1H3,(H,13,14). The van der Waals surface area contributed by atoms with Crippen molar-refractivity contribution in [3.63, 3.8) is 0 Å². The van der Waals surface area contributed by atoms with E-state index < -0.39 is 9.84 Å². The molecule has 4 nitrogen and oxygen atoms in total. The van der Waals surface area contributed by atoms with Gasteiger partial charge in [0.1, 0.15) is 0 Å². The molecule has 5 heteroatoms. The number of aromatic nitrogens is 1. The average molecular weight is 249 g/mol. The number of hydrogen-bond acceptors (Lipinski definition) is 3. The Morgan fingerprint density at radius 3 is 2.00 bits per heavy atom. The third-order valence-corrected chi connectivity index (χ3v) is 3.53. The molecule has 1 aromatic carbocycles. The molecule has 1 N–H and O–H groups in total. The molecular weight excluding hydrogens is 238 g/mol. The van der Waals surface area contributed by atoms with Crippen LogP contribution in [0.1, 0.15) is 0 Å². The van der Waals surface area contributed by atoms with Gasteiger partial charge in [-0.1, -0.05) is 12.1 Å². The van der Waals surface area contributed by atoms with Crippen LogP contribution in [0.4, 0.5) is 0 Å². The van der Waals surface area contributed by atoms with E-state index in [-0.39, 0.29) is 10.5 Å². The molecule has 0 radical (unpaired) electrons. The predicted octanol–water partition coefficient (Wildman–Crippen LogP) is 1.45. The van der Waals surface area contributed by atoms with Crippen molar-refractivity contribution in [2.45, 2.75) is 4.90 Å². The van der Waals surface area contributed by atoms with Crippen molar-refractivity contribution in [3.05, 3.63) is 52.9 Å². The van der Waals surface area contributed by atoms with Gasteiger partial charge in [-0.15, -0.1) is 0 Å². The van der Waals surface area contributed by atoms with Crippen LogP contribution in [0.3, 0.4) is 0 Å². The number of H-pyrrole nitrogens is 1. The summed E-state index contributed by atoms with van der Waals surface area (Å²) in [4.78, 5) is 13.8. The van der Waals surface area contributed by atoms with Crippen LogP contribution in [0.15, 0.2) is 52.3 Å². The second kappa shape index (κ2) is 4.18. The van der Waals surface area contributed by atoms with E-state index in [1.807, 2.05) is 0 Å². The van der Waals surface area contributed by atoms with E-state index in [4.69, 9.17) is 0 Å². The number of benzene rings is 1. The van der Waals surface area contributed by atoms with Crippen molar-refractivity contribution >= 4 is 9.84 Å². The zero-order valence-corrected chi connectivity index (χ0v) is 9.99. The number of aromatic amines is 1. The maximum atomic E-state index is 11.3. The second-order valence-corrected chi connectivity index (χ2v) is 5.75. The first-order valence-corrected chi connectivity index (χ1v) is 6.85. The monoisotopic (exact) mass is 249 g/mol. The molecule has 0 bridgehead atoms. The fraction of sp³-hybridized carbons (Fsp3) is 0.0833. The molecule has 0 amide bonds. The predicted molar refractivity (Wildman–Crippen MR) is 65.6 cm³/mol. The van der Waals surface area contributed by atoms with Crippen molar-refractivity contribution in [3.8, 4) is 11.1 Å². The normalized spacial score (nSPS) is 11.4. The summed E-state index contributed by atoms with van der Waals surface area (Å²) >= 11 is 0. The van der Waals surface area contributed by atoms with Crippen LogP contribution in [0.25, 0.3) is 11.1 Å². The highest BCUT2D eigenvalue weighted by atomic mass is 32.2. The number of pyridine rings is 1. The fourth-order valence-corrected chi connectivity index (χ4v) is 2.12. The molecule has 0 saturated heterocycles. The van der Waals surface area contributed by atoms with Gasteiger partial charge in [0.15, 0.2) is 9.84 Å². The molecule has 0 saturated carbocycles. The lowest BCUT2D eigenvalue weighted by molar-refractivity contribution is 0.602. The van der Waals surface area contributed by atoms with Gasteiger partial charge in [-0.2, -0.15) is 0 Å². The lowest BCUT2D eigenvalue weighted by Crippen LogP contribution is -2.01. The summed E-state index contributed by atoms with van der Waals surface area (Å²) in [5, 5.41) is 0. The highest BCUT2D eigenvalue weighted by Gasteiger charge is 2.06. The SMILES string of the molecule is CS(=O)(=O)c1ccc(-c2ccc(=O)[nH]c2)cc1. The van der Waals surface area contributed by atoms with Crippen LogP contribution < -0.4 is 5.56 Å². The van der Waals surface area contributed by atoms with Gasteiger partial charge in [0.05, 0.1) is 4.90 Å². The van der Waals surface area contributed by atoms with Gasteiger partial charge in [0.2, 0.25) is 5.56 Å². The van der Waals surface area contributed by atoms with Crippen LogP contribution in [-0.4, -0.2) is 19.7 Å². The largest absolute Gasteiger partial charge is 0.328 e. The molecule has 0 unspecified atom stereocenters. The molecule has 17 heavy (non-hydrogen) atoms. The van der Waals surface area contributed by atoms with Crippen molar-refractivity contribution < 1.29 is 8.42 Å². The van der Waals surface area contributed by atoms with E-state index in [2.05, 4.69) is 4.98 Å². The van der Waals surface area contributed by atoms with E-state index in [0.717, 1.165) is 11.1 Å². The molecule has 0 aliphatic carbocycles. The van der Waals surface area contributed by atoms with E-state index in [0.29, 0.717) is 0 Å². The van der Waals surface area contributed by atoms with Crippen LogP contribution >= 0.6 is 0 Å². The van der Waals surface area contributed by atoms with Gasteiger partial charge in [-0.05, 0) is 29.3 Å². The van der Waals surface area contributed by atoms with E-state index >= 15 is 0 Å². The number of sulfone groups is 1. The molecule has 0 atom stereocenters. The van der Waals surface area contributed by atoms with E-state index in [1.165, 1.54) is 12.3 Å². The number of rotatable bonds is 2. The first-order chi connectivity index (χ1) is 7.97. The zero-order chi connectivity index (χ0) is 12.5. The Morgan fingerprint density at radius 2 is 1.53 bits per heavy atom. The third kappa shape index (κ3) is 2.62. The minimum absolute atomic E-state index is 0.165. The van der Waals surface area contributed by atoms with Gasteiger partial charge in [-0.25, -0.2) is 8.42 Å². The Kier molecular flexibility index (Phi) is 2.85. The molecule has 1 aromatic heterocycles.